The predicted molar refractivity (Wildman–Crippen MR) is 84.9 cm³/mol. The molecule has 1 aromatic carbocycles. The fraction of sp³-hybridized carbons (Fsp3) is 0.375. The van der Waals surface area contributed by atoms with Crippen molar-refractivity contribution in [3.63, 3.8) is 0 Å². The number of fused-ring (bicyclic) bond motifs is 1. The van der Waals surface area contributed by atoms with Crippen molar-refractivity contribution in [1.29, 1.82) is 0 Å². The van der Waals surface area contributed by atoms with E-state index < -0.39 is 11.4 Å². The summed E-state index contributed by atoms with van der Waals surface area (Å²) in [5, 5.41) is 12.2. The molecule has 118 valence electrons. The van der Waals surface area contributed by atoms with Crippen molar-refractivity contribution in [3.8, 4) is 0 Å². The molecule has 2 N–H and O–H groups in total. The molecule has 0 aliphatic carbocycles. The van der Waals surface area contributed by atoms with Crippen LogP contribution < -0.4 is 5.32 Å². The van der Waals surface area contributed by atoms with Crippen LogP contribution in [0.1, 0.15) is 35.5 Å². The van der Waals surface area contributed by atoms with Crippen LogP contribution in [0.5, 0.6) is 0 Å². The molecular formula is C16H18FNO3S. The third kappa shape index (κ3) is 3.11. The average molecular weight is 323 g/mol. The molecule has 0 radical (unpaired) electrons. The molecule has 1 heterocycles. The average Bonchev–Trinajstić information content (AvgIpc) is 2.77. The number of benzene rings is 1. The van der Waals surface area contributed by atoms with Gasteiger partial charge in [0.15, 0.2) is 0 Å². The summed E-state index contributed by atoms with van der Waals surface area (Å²) in [6, 6.07) is 4.77. The molecule has 22 heavy (non-hydrogen) atoms. The van der Waals surface area contributed by atoms with Crippen LogP contribution in [0.4, 0.5) is 4.39 Å². The Bertz CT molecular complexity index is 736. The highest BCUT2D eigenvalue weighted by Crippen LogP contribution is 2.32. The lowest BCUT2D eigenvalue weighted by Crippen LogP contribution is -2.31. The third-order valence-electron chi connectivity index (χ3n) is 3.72. The number of carbonyl (C=O) groups excluding carboxylic acids is 1. The van der Waals surface area contributed by atoms with E-state index >= 15 is 0 Å². The van der Waals surface area contributed by atoms with Gasteiger partial charge in [-0.1, -0.05) is 6.07 Å². The van der Waals surface area contributed by atoms with Crippen LogP contribution in [0.3, 0.4) is 0 Å². The van der Waals surface area contributed by atoms with Crippen LogP contribution in [-0.4, -0.2) is 23.5 Å². The summed E-state index contributed by atoms with van der Waals surface area (Å²) in [7, 11) is 0. The molecule has 2 aromatic rings. The molecule has 6 heteroatoms. The van der Waals surface area contributed by atoms with Crippen molar-refractivity contribution in [3.05, 3.63) is 34.5 Å². The van der Waals surface area contributed by atoms with Crippen LogP contribution in [0, 0.1) is 18.2 Å². The Hall–Kier alpha value is -1.95. The van der Waals surface area contributed by atoms with Crippen molar-refractivity contribution in [2.45, 2.75) is 27.2 Å². The molecular weight excluding hydrogens is 305 g/mol. The quantitative estimate of drug-likeness (QED) is 0.884. The number of halogens is 1. The predicted octanol–water partition coefficient (Wildman–Crippen LogP) is 3.58. The first-order valence-corrected chi connectivity index (χ1v) is 7.75. The fourth-order valence-electron chi connectivity index (χ4n) is 2.15. The summed E-state index contributed by atoms with van der Waals surface area (Å²) in [5.41, 5.74) is -0.276. The second-order valence-corrected chi connectivity index (χ2v) is 6.92. The Morgan fingerprint density at radius 1 is 1.36 bits per heavy atom. The smallest absolute Gasteiger partial charge is 0.309 e. The molecule has 0 aliphatic heterocycles. The van der Waals surface area contributed by atoms with Gasteiger partial charge in [-0.25, -0.2) is 4.39 Å². The highest BCUT2D eigenvalue weighted by atomic mass is 32.1. The molecule has 0 atom stereocenters. The van der Waals surface area contributed by atoms with Crippen LogP contribution in [0.15, 0.2) is 18.2 Å². The summed E-state index contributed by atoms with van der Waals surface area (Å²) in [4.78, 5) is 23.7. The molecule has 0 fully saturated rings. The Balaban J connectivity index is 2.13. The monoisotopic (exact) mass is 323 g/mol. The number of hydrogen-bond donors (Lipinski definition) is 2. The summed E-state index contributed by atoms with van der Waals surface area (Å²) < 4.78 is 14.6. The molecule has 4 nitrogen and oxygen atoms in total. The number of aliphatic carboxylic acids is 1. The second-order valence-electron chi connectivity index (χ2n) is 5.86. The van der Waals surface area contributed by atoms with Crippen molar-refractivity contribution < 1.29 is 19.1 Å². The number of amides is 1. The summed E-state index contributed by atoms with van der Waals surface area (Å²) in [6.07, 6.45) is 0.326. The van der Waals surface area contributed by atoms with E-state index in [2.05, 4.69) is 5.32 Å². The van der Waals surface area contributed by atoms with Gasteiger partial charge in [-0.3, -0.25) is 9.59 Å². The summed E-state index contributed by atoms with van der Waals surface area (Å²) >= 11 is 1.24. The minimum atomic E-state index is -0.901. The van der Waals surface area contributed by atoms with Crippen molar-refractivity contribution in [2.75, 3.05) is 6.54 Å². The number of thiophene rings is 1. The minimum absolute atomic E-state index is 0.258. The molecule has 0 aliphatic rings. The van der Waals surface area contributed by atoms with E-state index in [0.29, 0.717) is 22.2 Å². The van der Waals surface area contributed by atoms with Crippen molar-refractivity contribution >= 4 is 33.3 Å². The van der Waals surface area contributed by atoms with Gasteiger partial charge >= 0.3 is 5.97 Å². The van der Waals surface area contributed by atoms with Gasteiger partial charge in [0.2, 0.25) is 0 Å². The van der Waals surface area contributed by atoms with Crippen LogP contribution in [-0.2, 0) is 4.79 Å². The topological polar surface area (TPSA) is 66.4 Å². The number of carboxylic acid groups (broad SMARTS) is 1. The maximum atomic E-state index is 13.8. The molecule has 0 unspecified atom stereocenters. The van der Waals surface area contributed by atoms with Gasteiger partial charge < -0.3 is 10.4 Å². The Labute approximate surface area is 132 Å². The van der Waals surface area contributed by atoms with E-state index in [9.17, 15) is 14.0 Å². The van der Waals surface area contributed by atoms with Crippen molar-refractivity contribution in [2.24, 2.45) is 5.41 Å². The molecule has 0 saturated carbocycles. The summed E-state index contributed by atoms with van der Waals surface area (Å²) in [6.45, 7) is 5.20. The zero-order valence-corrected chi connectivity index (χ0v) is 13.5. The first-order valence-electron chi connectivity index (χ1n) is 6.93. The highest BCUT2D eigenvalue weighted by Gasteiger charge is 2.27. The van der Waals surface area contributed by atoms with Gasteiger partial charge in [0.25, 0.3) is 5.91 Å². The van der Waals surface area contributed by atoms with Gasteiger partial charge in [-0.2, -0.15) is 0 Å². The van der Waals surface area contributed by atoms with Gasteiger partial charge in [0.1, 0.15) is 5.82 Å². The van der Waals surface area contributed by atoms with Crippen molar-refractivity contribution in [1.82, 2.24) is 5.32 Å². The third-order valence-corrected chi connectivity index (χ3v) is 4.98. The molecule has 0 saturated heterocycles. The van der Waals surface area contributed by atoms with Crippen LogP contribution in [0.2, 0.25) is 0 Å². The minimum Gasteiger partial charge on any atom is -0.481 e. The Morgan fingerprint density at radius 3 is 2.64 bits per heavy atom. The zero-order valence-electron chi connectivity index (χ0n) is 12.7. The van der Waals surface area contributed by atoms with E-state index in [4.69, 9.17) is 5.11 Å². The largest absolute Gasteiger partial charge is 0.481 e. The highest BCUT2D eigenvalue weighted by molar-refractivity contribution is 7.21. The zero-order chi connectivity index (χ0) is 16.5. The Morgan fingerprint density at radius 2 is 2.05 bits per heavy atom. The first kappa shape index (κ1) is 16.4. The second kappa shape index (κ2) is 6.04. The molecule has 1 aromatic heterocycles. The number of carboxylic acids is 1. The molecule has 2 rings (SSSR count). The number of aryl methyl sites for hydroxylation is 1. The number of nitrogens with one attached hydrogen (secondary N) is 1. The lowest BCUT2D eigenvalue weighted by Gasteiger charge is -2.18. The lowest BCUT2D eigenvalue weighted by molar-refractivity contribution is -0.147. The molecule has 1 amide bonds. The van der Waals surface area contributed by atoms with E-state index in [1.165, 1.54) is 17.4 Å². The van der Waals surface area contributed by atoms with E-state index in [1.807, 2.05) is 0 Å². The Kier molecular flexibility index (Phi) is 4.51. The van der Waals surface area contributed by atoms with Crippen LogP contribution in [0.25, 0.3) is 10.1 Å². The van der Waals surface area contributed by atoms with Gasteiger partial charge in [0.05, 0.1) is 10.3 Å². The maximum Gasteiger partial charge on any atom is 0.309 e. The van der Waals surface area contributed by atoms with Gasteiger partial charge in [-0.15, -0.1) is 11.3 Å². The van der Waals surface area contributed by atoms with E-state index in [0.717, 1.165) is 4.70 Å². The number of rotatable bonds is 5. The van der Waals surface area contributed by atoms with E-state index in [1.54, 1.807) is 32.9 Å². The molecule has 0 spiro atoms. The van der Waals surface area contributed by atoms with E-state index in [-0.39, 0.29) is 18.3 Å². The SMILES string of the molecule is Cc1c(C(=O)NCCC(C)(C)C(=O)O)sc2cccc(F)c12. The lowest BCUT2D eigenvalue weighted by atomic mass is 9.90. The maximum absolute atomic E-state index is 13.8. The number of carbonyl (C=O) groups is 2. The normalized spacial score (nSPS) is 11.6. The molecule has 0 bridgehead atoms. The first-order chi connectivity index (χ1) is 10.2. The standard InChI is InChI=1S/C16H18FNO3S/c1-9-12-10(17)5-4-6-11(12)22-13(9)14(19)18-8-7-16(2,3)15(20)21/h4-6H,7-8H2,1-3H3,(H,18,19)(H,20,21). The van der Waals surface area contributed by atoms with Crippen LogP contribution >= 0.6 is 11.3 Å². The number of hydrogen-bond acceptors (Lipinski definition) is 3. The summed E-state index contributed by atoms with van der Waals surface area (Å²) in [5.74, 6) is -1.53. The van der Waals surface area contributed by atoms with Gasteiger partial charge in [0, 0.05) is 16.6 Å². The van der Waals surface area contributed by atoms with Gasteiger partial charge in [-0.05, 0) is 44.9 Å². The fourth-order valence-corrected chi connectivity index (χ4v) is 3.28.